The van der Waals surface area contributed by atoms with E-state index in [-0.39, 0.29) is 17.7 Å². The summed E-state index contributed by atoms with van der Waals surface area (Å²) in [6, 6.07) is 14.9. The molecule has 0 aliphatic carbocycles. The van der Waals surface area contributed by atoms with Gasteiger partial charge in [-0.15, -0.1) is 0 Å². The summed E-state index contributed by atoms with van der Waals surface area (Å²) in [4.78, 5) is 36.5. The van der Waals surface area contributed by atoms with Crippen molar-refractivity contribution >= 4 is 28.7 Å². The number of fused-ring (bicyclic) bond motifs is 1. The average molecular weight is 394 g/mol. The van der Waals surface area contributed by atoms with Crippen molar-refractivity contribution in [1.82, 2.24) is 5.32 Å². The van der Waals surface area contributed by atoms with E-state index in [2.05, 4.69) is 10.6 Å². The highest BCUT2D eigenvalue weighted by molar-refractivity contribution is 6.03. The third-order valence-corrected chi connectivity index (χ3v) is 3.88. The predicted molar refractivity (Wildman–Crippen MR) is 110 cm³/mol. The molecule has 3 rings (SSSR count). The average Bonchev–Trinajstić information content (AvgIpc) is 2.65. The van der Waals surface area contributed by atoms with Gasteiger partial charge < -0.3 is 19.8 Å². The summed E-state index contributed by atoms with van der Waals surface area (Å²) in [6.45, 7) is 5.60. The highest BCUT2D eigenvalue weighted by atomic mass is 16.6. The molecule has 2 amide bonds. The Morgan fingerprint density at radius 3 is 2.55 bits per heavy atom. The van der Waals surface area contributed by atoms with Crippen molar-refractivity contribution in [3.63, 3.8) is 0 Å². The smallest absolute Gasteiger partial charge is 0.407 e. The molecule has 1 heterocycles. The Morgan fingerprint density at radius 2 is 1.79 bits per heavy atom. The van der Waals surface area contributed by atoms with Crippen molar-refractivity contribution < 1.29 is 18.7 Å². The van der Waals surface area contributed by atoms with Gasteiger partial charge in [0.2, 0.25) is 0 Å². The van der Waals surface area contributed by atoms with Crippen LogP contribution in [0.1, 0.15) is 36.9 Å². The number of rotatable bonds is 4. The van der Waals surface area contributed by atoms with Gasteiger partial charge in [0, 0.05) is 18.3 Å². The van der Waals surface area contributed by atoms with Crippen LogP contribution in [-0.2, 0) is 11.3 Å². The lowest BCUT2D eigenvalue weighted by Gasteiger charge is -2.19. The van der Waals surface area contributed by atoms with E-state index in [9.17, 15) is 14.4 Å². The van der Waals surface area contributed by atoms with Gasteiger partial charge in [-0.25, -0.2) is 4.79 Å². The summed E-state index contributed by atoms with van der Waals surface area (Å²) in [6.07, 6.45) is -0.523. The number of carbonyl (C=O) groups is 2. The van der Waals surface area contributed by atoms with E-state index in [1.165, 1.54) is 6.07 Å². The fourth-order valence-electron chi connectivity index (χ4n) is 2.66. The Kier molecular flexibility index (Phi) is 5.68. The molecule has 2 N–H and O–H groups in total. The van der Waals surface area contributed by atoms with Crippen molar-refractivity contribution in [2.24, 2.45) is 0 Å². The standard InChI is InChI=1S/C22H22N2O5/c1-22(2,3)29-21(27)23-13-14-7-6-8-15(11-14)24-20(26)19-12-17(25)16-9-4-5-10-18(16)28-19/h4-12H,13H2,1-3H3,(H,23,27)(H,24,26). The van der Waals surface area contributed by atoms with Crippen LogP contribution in [0.15, 0.2) is 63.8 Å². The maximum atomic E-state index is 12.5. The molecule has 1 aromatic heterocycles. The third-order valence-electron chi connectivity index (χ3n) is 3.88. The van der Waals surface area contributed by atoms with Crippen LogP contribution in [0.3, 0.4) is 0 Å². The maximum absolute atomic E-state index is 12.5. The summed E-state index contributed by atoms with van der Waals surface area (Å²) < 4.78 is 10.7. The van der Waals surface area contributed by atoms with Crippen molar-refractivity contribution in [3.8, 4) is 0 Å². The molecule has 7 nitrogen and oxygen atoms in total. The molecule has 0 radical (unpaired) electrons. The van der Waals surface area contributed by atoms with Crippen LogP contribution in [0.2, 0.25) is 0 Å². The molecule has 2 aromatic carbocycles. The fourth-order valence-corrected chi connectivity index (χ4v) is 2.66. The van der Waals surface area contributed by atoms with Gasteiger partial charge in [-0.05, 0) is 50.6 Å². The largest absolute Gasteiger partial charge is 0.451 e. The number of benzene rings is 2. The quantitative estimate of drug-likeness (QED) is 0.695. The van der Waals surface area contributed by atoms with E-state index >= 15 is 0 Å². The topological polar surface area (TPSA) is 97.6 Å². The molecule has 0 bridgehead atoms. The number of hydrogen-bond acceptors (Lipinski definition) is 5. The fraction of sp³-hybridized carbons (Fsp3) is 0.227. The number of amides is 2. The number of nitrogens with one attached hydrogen (secondary N) is 2. The minimum atomic E-state index is -0.580. The Labute approximate surface area is 167 Å². The van der Waals surface area contributed by atoms with Gasteiger partial charge in [0.05, 0.1) is 5.39 Å². The number of anilines is 1. The molecule has 0 saturated heterocycles. The molecule has 29 heavy (non-hydrogen) atoms. The van der Waals surface area contributed by atoms with Gasteiger partial charge in [-0.1, -0.05) is 24.3 Å². The van der Waals surface area contributed by atoms with E-state index in [4.69, 9.17) is 9.15 Å². The van der Waals surface area contributed by atoms with E-state index < -0.39 is 17.6 Å². The zero-order valence-corrected chi connectivity index (χ0v) is 16.4. The Bertz CT molecular complexity index is 1110. The second-order valence-corrected chi connectivity index (χ2v) is 7.48. The van der Waals surface area contributed by atoms with Crippen LogP contribution in [0.25, 0.3) is 11.0 Å². The monoisotopic (exact) mass is 394 g/mol. The minimum Gasteiger partial charge on any atom is -0.451 e. The van der Waals surface area contributed by atoms with E-state index in [1.54, 1.807) is 63.2 Å². The molecule has 3 aromatic rings. The van der Waals surface area contributed by atoms with Crippen LogP contribution in [0, 0.1) is 0 Å². The zero-order chi connectivity index (χ0) is 21.0. The molecule has 7 heteroatoms. The van der Waals surface area contributed by atoms with Crippen LogP contribution in [0.5, 0.6) is 0 Å². The molecule has 0 aliphatic rings. The van der Waals surface area contributed by atoms with Gasteiger partial charge >= 0.3 is 6.09 Å². The lowest BCUT2D eigenvalue weighted by molar-refractivity contribution is 0.0523. The van der Waals surface area contributed by atoms with Crippen LogP contribution >= 0.6 is 0 Å². The Hall–Kier alpha value is -3.61. The lowest BCUT2D eigenvalue weighted by Crippen LogP contribution is -2.32. The van der Waals surface area contributed by atoms with Gasteiger partial charge in [0.15, 0.2) is 11.2 Å². The zero-order valence-electron chi connectivity index (χ0n) is 16.4. The van der Waals surface area contributed by atoms with Crippen molar-refractivity contribution in [2.75, 3.05) is 5.32 Å². The SMILES string of the molecule is CC(C)(C)OC(=O)NCc1cccc(NC(=O)c2cc(=O)c3ccccc3o2)c1. The van der Waals surface area contributed by atoms with Gasteiger partial charge in [-0.2, -0.15) is 0 Å². The highest BCUT2D eigenvalue weighted by Crippen LogP contribution is 2.15. The van der Waals surface area contributed by atoms with E-state index in [1.807, 2.05) is 6.07 Å². The van der Waals surface area contributed by atoms with Crippen LogP contribution in [0.4, 0.5) is 10.5 Å². The summed E-state index contributed by atoms with van der Waals surface area (Å²) >= 11 is 0. The predicted octanol–water partition coefficient (Wildman–Crippen LogP) is 4.07. The molecule has 0 atom stereocenters. The minimum absolute atomic E-state index is 0.0778. The molecular weight excluding hydrogens is 372 g/mol. The van der Waals surface area contributed by atoms with Gasteiger partial charge in [0.25, 0.3) is 5.91 Å². The Morgan fingerprint density at radius 1 is 1.03 bits per heavy atom. The number of para-hydroxylation sites is 1. The van der Waals surface area contributed by atoms with Gasteiger partial charge in [-0.3, -0.25) is 9.59 Å². The molecule has 0 aliphatic heterocycles. The number of alkyl carbamates (subject to hydrolysis) is 1. The van der Waals surface area contributed by atoms with Gasteiger partial charge in [0.1, 0.15) is 11.2 Å². The lowest BCUT2D eigenvalue weighted by atomic mass is 10.2. The number of hydrogen-bond donors (Lipinski definition) is 2. The van der Waals surface area contributed by atoms with E-state index in [0.29, 0.717) is 16.7 Å². The maximum Gasteiger partial charge on any atom is 0.407 e. The first-order chi connectivity index (χ1) is 13.7. The first-order valence-corrected chi connectivity index (χ1v) is 9.11. The van der Waals surface area contributed by atoms with Crippen molar-refractivity contribution in [1.29, 1.82) is 0 Å². The molecule has 0 unspecified atom stereocenters. The van der Waals surface area contributed by atoms with Crippen LogP contribution < -0.4 is 16.1 Å². The number of ether oxygens (including phenoxy) is 1. The third kappa shape index (κ3) is 5.44. The normalized spacial score (nSPS) is 11.1. The second-order valence-electron chi connectivity index (χ2n) is 7.48. The molecule has 0 fully saturated rings. The first kappa shape index (κ1) is 20.1. The Balaban J connectivity index is 1.69. The summed E-state index contributed by atoms with van der Waals surface area (Å²) in [5.41, 5.74) is 0.764. The van der Waals surface area contributed by atoms with E-state index in [0.717, 1.165) is 5.56 Å². The molecule has 0 saturated carbocycles. The number of carbonyl (C=O) groups excluding carboxylic acids is 2. The first-order valence-electron chi connectivity index (χ1n) is 9.11. The van der Waals surface area contributed by atoms with Crippen molar-refractivity contribution in [2.45, 2.75) is 32.9 Å². The summed E-state index contributed by atoms with van der Waals surface area (Å²) in [5, 5.41) is 5.78. The van der Waals surface area contributed by atoms with Crippen molar-refractivity contribution in [3.05, 3.63) is 76.1 Å². The summed E-state index contributed by atoms with van der Waals surface area (Å²) in [5.74, 6) is -0.615. The summed E-state index contributed by atoms with van der Waals surface area (Å²) in [7, 11) is 0. The molecule has 150 valence electrons. The molecule has 0 spiro atoms. The molecular formula is C22H22N2O5. The highest BCUT2D eigenvalue weighted by Gasteiger charge is 2.16. The second kappa shape index (κ2) is 8.18. The van der Waals surface area contributed by atoms with Crippen LogP contribution in [-0.4, -0.2) is 17.6 Å².